The number of nitrogens with zero attached hydrogens (tertiary/aromatic N) is 1. The molecular weight excluding hydrogens is 301 g/mol. The minimum absolute atomic E-state index is 0.0386. The Hall–Kier alpha value is -1.16. The fraction of sp³-hybridized carbons (Fsp3) is 0.750. The lowest BCUT2D eigenvalue weighted by Crippen LogP contribution is -2.44. The Morgan fingerprint density at radius 2 is 1.79 bits per heavy atom. The van der Waals surface area contributed by atoms with Gasteiger partial charge in [0.25, 0.3) is 0 Å². The molecule has 0 aliphatic heterocycles. The van der Waals surface area contributed by atoms with Crippen molar-refractivity contribution in [2.24, 2.45) is 22.4 Å². The molecule has 0 unspecified atom stereocenters. The quantitative estimate of drug-likeness (QED) is 0.239. The number of halogens is 1. The predicted octanol–water partition coefficient (Wildman–Crippen LogP) is 5.07. The zero-order valence-corrected chi connectivity index (χ0v) is 16.9. The summed E-state index contributed by atoms with van der Waals surface area (Å²) in [6.45, 7) is 17.5. The van der Waals surface area contributed by atoms with E-state index in [1.165, 1.54) is 0 Å². The van der Waals surface area contributed by atoms with Gasteiger partial charge in [-0.25, -0.2) is 4.39 Å². The molecule has 0 amide bonds. The number of hydrogen-bond acceptors (Lipinski definition) is 3. The molecule has 0 spiro atoms. The predicted molar refractivity (Wildman–Crippen MR) is 105 cm³/mol. The van der Waals surface area contributed by atoms with Crippen molar-refractivity contribution in [1.29, 1.82) is 0 Å². The van der Waals surface area contributed by atoms with E-state index in [0.29, 0.717) is 18.3 Å². The van der Waals surface area contributed by atoms with Crippen LogP contribution in [0.3, 0.4) is 0 Å². The first-order chi connectivity index (χ1) is 11.1. The first kappa shape index (κ1) is 22.8. The van der Waals surface area contributed by atoms with Crippen LogP contribution in [0.25, 0.3) is 0 Å². The molecule has 0 saturated carbocycles. The van der Waals surface area contributed by atoms with Gasteiger partial charge < -0.3 is 0 Å². The Labute approximate surface area is 148 Å². The lowest BCUT2D eigenvalue weighted by Gasteiger charge is -2.32. The van der Waals surface area contributed by atoms with Gasteiger partial charge in [0.2, 0.25) is 0 Å². The Balaban J connectivity index is 4.44. The smallest absolute Gasteiger partial charge is 0.118 e. The maximum absolute atomic E-state index is 13.4. The second-order valence-electron chi connectivity index (χ2n) is 7.39. The maximum Gasteiger partial charge on any atom is 0.118 e. The molecule has 3 nitrogen and oxygen atoms in total. The maximum atomic E-state index is 13.4. The van der Waals surface area contributed by atoms with Gasteiger partial charge in [-0.2, -0.15) is 5.10 Å². The van der Waals surface area contributed by atoms with Crippen molar-refractivity contribution in [3.8, 4) is 0 Å². The highest BCUT2D eigenvalue weighted by Gasteiger charge is 2.24. The van der Waals surface area contributed by atoms with E-state index in [0.717, 1.165) is 12.3 Å². The summed E-state index contributed by atoms with van der Waals surface area (Å²) >= 11 is 0. The average molecular weight is 340 g/mol. The monoisotopic (exact) mass is 339 g/mol. The van der Waals surface area contributed by atoms with Crippen LogP contribution >= 0.6 is 0 Å². The summed E-state index contributed by atoms with van der Waals surface area (Å²) < 4.78 is 13.4. The normalized spacial score (nSPS) is 18.8. The molecular formula is C20H38FN3. The van der Waals surface area contributed by atoms with Crippen molar-refractivity contribution < 1.29 is 4.39 Å². The number of hydrazone groups is 1. The van der Waals surface area contributed by atoms with Crippen LogP contribution in [0.15, 0.2) is 29.4 Å². The molecule has 0 fully saturated rings. The summed E-state index contributed by atoms with van der Waals surface area (Å²) in [5.74, 6) is 0.630. The third-order valence-corrected chi connectivity index (χ3v) is 4.67. The summed E-state index contributed by atoms with van der Waals surface area (Å²) in [5, 5.41) is 7.92. The molecule has 4 atom stereocenters. The molecule has 2 N–H and O–H groups in total. The molecule has 0 aromatic heterocycles. The number of rotatable bonds is 11. The third kappa shape index (κ3) is 9.21. The summed E-state index contributed by atoms with van der Waals surface area (Å²) in [4.78, 5) is 0. The molecule has 0 aliphatic carbocycles. The van der Waals surface area contributed by atoms with Crippen LogP contribution in [-0.2, 0) is 0 Å². The van der Waals surface area contributed by atoms with Gasteiger partial charge in [0, 0.05) is 18.2 Å². The minimum atomic E-state index is -0.840. The van der Waals surface area contributed by atoms with Gasteiger partial charge in [-0.1, -0.05) is 58.9 Å². The van der Waals surface area contributed by atoms with E-state index in [2.05, 4.69) is 56.5 Å². The van der Waals surface area contributed by atoms with Gasteiger partial charge in [0.1, 0.15) is 6.17 Å². The summed E-state index contributed by atoms with van der Waals surface area (Å²) in [6, 6.07) is 0. The molecule has 24 heavy (non-hydrogen) atoms. The van der Waals surface area contributed by atoms with Gasteiger partial charge in [0.05, 0.1) is 6.17 Å². The lowest BCUT2D eigenvalue weighted by molar-refractivity contribution is 0.244. The van der Waals surface area contributed by atoms with E-state index in [-0.39, 0.29) is 11.6 Å². The van der Waals surface area contributed by atoms with Gasteiger partial charge in [-0.3, -0.25) is 10.7 Å². The first-order valence-corrected chi connectivity index (χ1v) is 9.12. The molecule has 0 radical (unpaired) electrons. The van der Waals surface area contributed by atoms with Crippen molar-refractivity contribution in [2.45, 2.75) is 74.1 Å². The summed E-state index contributed by atoms with van der Waals surface area (Å²) in [6.07, 6.45) is 7.63. The molecule has 0 bridgehead atoms. The topological polar surface area (TPSA) is 36.4 Å². The van der Waals surface area contributed by atoms with Crippen molar-refractivity contribution in [2.75, 3.05) is 6.54 Å². The molecule has 0 saturated heterocycles. The molecule has 0 heterocycles. The van der Waals surface area contributed by atoms with Crippen LogP contribution in [0.4, 0.5) is 4.39 Å². The first-order valence-electron chi connectivity index (χ1n) is 9.12. The number of hydrogen-bond donors (Lipinski definition) is 2. The zero-order valence-electron chi connectivity index (χ0n) is 16.9. The summed E-state index contributed by atoms with van der Waals surface area (Å²) in [5.41, 5.74) is 4.26. The fourth-order valence-electron chi connectivity index (χ4n) is 2.03. The Morgan fingerprint density at radius 1 is 1.17 bits per heavy atom. The van der Waals surface area contributed by atoms with E-state index >= 15 is 0 Å². The SMILES string of the molecule is C/C=C\[C@@H](C)/C(C)=N/N[C@@H](C)NCC(C)(C)[C@H](C)/C=C\[C@@H](F)CC. The highest BCUT2D eigenvalue weighted by atomic mass is 19.1. The van der Waals surface area contributed by atoms with E-state index in [4.69, 9.17) is 0 Å². The van der Waals surface area contributed by atoms with Gasteiger partial charge in [-0.15, -0.1) is 0 Å². The van der Waals surface area contributed by atoms with Crippen LogP contribution in [0, 0.1) is 17.3 Å². The van der Waals surface area contributed by atoms with Crippen LogP contribution in [0.1, 0.15) is 61.8 Å². The van der Waals surface area contributed by atoms with Gasteiger partial charge in [0.15, 0.2) is 0 Å². The Bertz CT molecular complexity index is 427. The van der Waals surface area contributed by atoms with Crippen molar-refractivity contribution in [1.82, 2.24) is 10.7 Å². The zero-order chi connectivity index (χ0) is 18.8. The summed E-state index contributed by atoms with van der Waals surface area (Å²) in [7, 11) is 0. The average Bonchev–Trinajstić information content (AvgIpc) is 2.55. The van der Waals surface area contributed by atoms with E-state index in [1.807, 2.05) is 32.9 Å². The molecule has 0 rings (SSSR count). The Kier molecular flexibility index (Phi) is 10.9. The largest absolute Gasteiger partial charge is 0.296 e. The Morgan fingerprint density at radius 3 is 2.33 bits per heavy atom. The van der Waals surface area contributed by atoms with E-state index in [9.17, 15) is 4.39 Å². The van der Waals surface area contributed by atoms with Crippen LogP contribution in [0.5, 0.6) is 0 Å². The van der Waals surface area contributed by atoms with Crippen LogP contribution in [-0.4, -0.2) is 24.6 Å². The second kappa shape index (κ2) is 11.4. The van der Waals surface area contributed by atoms with Crippen molar-refractivity contribution in [3.63, 3.8) is 0 Å². The highest BCUT2D eigenvalue weighted by Crippen LogP contribution is 2.27. The number of allylic oxidation sites excluding steroid dienone is 4. The molecule has 0 aromatic rings. The van der Waals surface area contributed by atoms with Gasteiger partial charge >= 0.3 is 0 Å². The highest BCUT2D eigenvalue weighted by molar-refractivity contribution is 5.85. The van der Waals surface area contributed by atoms with Crippen molar-refractivity contribution >= 4 is 5.71 Å². The van der Waals surface area contributed by atoms with Crippen LogP contribution < -0.4 is 10.7 Å². The molecule has 140 valence electrons. The fourth-order valence-corrected chi connectivity index (χ4v) is 2.03. The number of alkyl halides is 1. The van der Waals surface area contributed by atoms with E-state index < -0.39 is 6.17 Å². The second-order valence-corrected chi connectivity index (χ2v) is 7.39. The van der Waals surface area contributed by atoms with E-state index in [1.54, 1.807) is 6.08 Å². The molecule has 0 aromatic carbocycles. The lowest BCUT2D eigenvalue weighted by atomic mass is 9.79. The van der Waals surface area contributed by atoms with Gasteiger partial charge in [-0.05, 0) is 38.5 Å². The third-order valence-electron chi connectivity index (χ3n) is 4.67. The minimum Gasteiger partial charge on any atom is -0.296 e. The standard InChI is InChI=1S/C20H38FN3/c1-9-11-15(3)17(5)23-24-18(6)22-14-20(7,8)16(4)12-13-19(21)10-2/h9,11-13,15-16,18-19,22,24H,10,14H2,1-8H3/b11-9-,13-12-,23-17+/t15-,16-,18+,19+/m1/s1. The van der Waals surface area contributed by atoms with Crippen molar-refractivity contribution in [3.05, 3.63) is 24.3 Å². The van der Waals surface area contributed by atoms with Crippen LogP contribution in [0.2, 0.25) is 0 Å². The number of nitrogens with one attached hydrogen (secondary N) is 2. The molecule has 0 aliphatic rings. The molecule has 4 heteroatoms.